The Morgan fingerprint density at radius 1 is 0.806 bits per heavy atom. The molecule has 184 valence electrons. The third-order valence-electron chi connectivity index (χ3n) is 6.44. The van der Waals surface area contributed by atoms with Gasteiger partial charge in [-0.05, 0) is 30.7 Å². The lowest BCUT2D eigenvalue weighted by molar-refractivity contribution is -0.659. The topological polar surface area (TPSA) is 55.7 Å². The van der Waals surface area contributed by atoms with Crippen LogP contribution in [0.25, 0.3) is 44.6 Å². The summed E-state index contributed by atoms with van der Waals surface area (Å²) in [6.45, 7) is 14.8. The Kier molecular flexibility index (Phi) is 5.47. The molecule has 0 saturated heterocycles. The molecule has 0 saturated carbocycles. The van der Waals surface area contributed by atoms with Crippen LogP contribution in [0.4, 0.5) is 4.39 Å². The molecule has 0 aliphatic heterocycles. The van der Waals surface area contributed by atoms with Crippen molar-refractivity contribution in [3.63, 3.8) is 0 Å². The van der Waals surface area contributed by atoms with E-state index in [1.807, 2.05) is 25.4 Å². The highest BCUT2D eigenvalue weighted by atomic mass is 19.1. The molecule has 0 amide bonds. The Bertz CT molecular complexity index is 1610. The van der Waals surface area contributed by atoms with Crippen molar-refractivity contribution in [1.82, 2.24) is 15.0 Å². The minimum Gasteiger partial charge on any atom is -0.455 e. The van der Waals surface area contributed by atoms with Crippen LogP contribution in [0.2, 0.25) is 0 Å². The zero-order chi connectivity index (χ0) is 26.0. The molecule has 0 atom stereocenters. The van der Waals surface area contributed by atoms with Crippen LogP contribution in [-0.2, 0) is 17.9 Å². The van der Waals surface area contributed by atoms with Gasteiger partial charge in [0.25, 0.3) is 0 Å². The quantitative estimate of drug-likeness (QED) is 0.254. The van der Waals surface area contributed by atoms with Gasteiger partial charge in [-0.25, -0.2) is 23.9 Å². The molecule has 3 aromatic heterocycles. The molecular formula is C30H32FN4O+. The normalized spacial score (nSPS) is 12.6. The molecule has 2 aromatic carbocycles. The van der Waals surface area contributed by atoms with Gasteiger partial charge in [0.2, 0.25) is 5.69 Å². The van der Waals surface area contributed by atoms with Crippen molar-refractivity contribution in [3.05, 3.63) is 71.7 Å². The van der Waals surface area contributed by atoms with Crippen LogP contribution in [-0.4, -0.2) is 15.0 Å². The standard InChI is InChI=1S/C30H32FN4O/c1-17-9-12-21-20-13-11-19(31)15-23(20)36-25(21)24(17)22-14-10-18(16-35(22)8)26-32-27(29(2,3)4)34-28(33-26)30(5,6)7/h9-16H,1-8H3/q+1. The van der Waals surface area contributed by atoms with Gasteiger partial charge in [0.15, 0.2) is 12.0 Å². The van der Waals surface area contributed by atoms with E-state index in [1.165, 1.54) is 12.1 Å². The fraction of sp³-hybridized carbons (Fsp3) is 0.333. The molecule has 5 aromatic rings. The zero-order valence-electron chi connectivity index (χ0n) is 22.2. The second kappa shape index (κ2) is 8.19. The van der Waals surface area contributed by atoms with Crippen LogP contribution in [0, 0.1) is 12.7 Å². The van der Waals surface area contributed by atoms with Gasteiger partial charge < -0.3 is 4.42 Å². The van der Waals surface area contributed by atoms with Crippen LogP contribution in [0.5, 0.6) is 0 Å². The van der Waals surface area contributed by atoms with Crippen molar-refractivity contribution in [2.75, 3.05) is 0 Å². The van der Waals surface area contributed by atoms with Gasteiger partial charge in [-0.15, -0.1) is 0 Å². The van der Waals surface area contributed by atoms with Crippen LogP contribution < -0.4 is 4.57 Å². The van der Waals surface area contributed by atoms with Crippen molar-refractivity contribution >= 4 is 21.9 Å². The van der Waals surface area contributed by atoms with Gasteiger partial charge in [0, 0.05) is 33.7 Å². The fourth-order valence-electron chi connectivity index (χ4n) is 4.41. The van der Waals surface area contributed by atoms with Crippen molar-refractivity contribution < 1.29 is 13.4 Å². The van der Waals surface area contributed by atoms with Crippen molar-refractivity contribution in [1.29, 1.82) is 0 Å². The molecular weight excluding hydrogens is 451 g/mol. The summed E-state index contributed by atoms with van der Waals surface area (Å²) in [5.41, 5.74) is 4.87. The number of hydrogen-bond acceptors (Lipinski definition) is 4. The van der Waals surface area contributed by atoms with E-state index in [-0.39, 0.29) is 16.6 Å². The first kappa shape index (κ1) is 24.0. The third kappa shape index (κ3) is 4.15. The Hall–Kier alpha value is -3.67. The first-order valence-electron chi connectivity index (χ1n) is 12.2. The maximum atomic E-state index is 13.9. The Balaban J connectivity index is 1.68. The average Bonchev–Trinajstić information content (AvgIpc) is 3.15. The largest absolute Gasteiger partial charge is 0.455 e. The first-order chi connectivity index (χ1) is 16.8. The summed E-state index contributed by atoms with van der Waals surface area (Å²) in [5.74, 6) is 1.91. The van der Waals surface area contributed by atoms with E-state index in [1.54, 1.807) is 6.07 Å². The highest BCUT2D eigenvalue weighted by Gasteiger charge is 2.27. The van der Waals surface area contributed by atoms with Gasteiger partial charge in [0.1, 0.15) is 35.7 Å². The summed E-state index contributed by atoms with van der Waals surface area (Å²) in [6.07, 6.45) is 2.05. The van der Waals surface area contributed by atoms with E-state index in [9.17, 15) is 4.39 Å². The Morgan fingerprint density at radius 2 is 1.44 bits per heavy atom. The number of fused-ring (bicyclic) bond motifs is 3. The molecule has 0 N–H and O–H groups in total. The van der Waals surface area contributed by atoms with Gasteiger partial charge in [-0.1, -0.05) is 53.7 Å². The summed E-state index contributed by atoms with van der Waals surface area (Å²) in [7, 11) is 2.01. The van der Waals surface area contributed by atoms with Crippen LogP contribution in [0.3, 0.4) is 0 Å². The molecule has 5 nitrogen and oxygen atoms in total. The van der Waals surface area contributed by atoms with E-state index in [2.05, 4.69) is 65.2 Å². The minimum atomic E-state index is -0.309. The molecule has 0 bridgehead atoms. The minimum absolute atomic E-state index is 0.201. The first-order valence-corrected chi connectivity index (χ1v) is 12.2. The second-order valence-electron chi connectivity index (χ2n) is 11.6. The zero-order valence-corrected chi connectivity index (χ0v) is 22.2. The van der Waals surface area contributed by atoms with E-state index < -0.39 is 0 Å². The molecule has 6 heteroatoms. The molecule has 0 spiro atoms. The fourth-order valence-corrected chi connectivity index (χ4v) is 4.41. The van der Waals surface area contributed by atoms with Gasteiger partial charge in [-0.2, -0.15) is 0 Å². The number of benzene rings is 2. The highest BCUT2D eigenvalue weighted by molar-refractivity contribution is 6.09. The van der Waals surface area contributed by atoms with E-state index >= 15 is 0 Å². The third-order valence-corrected chi connectivity index (χ3v) is 6.44. The van der Waals surface area contributed by atoms with Gasteiger partial charge >= 0.3 is 0 Å². The number of pyridine rings is 1. The molecule has 0 radical (unpaired) electrons. The lowest BCUT2D eigenvalue weighted by atomic mass is 9.93. The molecule has 5 rings (SSSR count). The van der Waals surface area contributed by atoms with Gasteiger partial charge in [0.05, 0.1) is 11.1 Å². The number of nitrogens with zero attached hydrogens (tertiary/aromatic N) is 4. The number of halogens is 1. The van der Waals surface area contributed by atoms with Crippen LogP contribution >= 0.6 is 0 Å². The van der Waals surface area contributed by atoms with Crippen molar-refractivity contribution in [3.8, 4) is 22.6 Å². The van der Waals surface area contributed by atoms with Crippen LogP contribution in [0.15, 0.2) is 53.1 Å². The number of hydrogen-bond donors (Lipinski definition) is 0. The predicted octanol–water partition coefficient (Wildman–Crippen LogP) is 6.97. The molecule has 3 heterocycles. The SMILES string of the molecule is Cc1ccc2c(oc3cc(F)ccc32)c1-c1ccc(-c2nc(C(C)(C)C)nc(C(C)(C)C)n2)c[n+]1C. The second-order valence-corrected chi connectivity index (χ2v) is 11.6. The van der Waals surface area contributed by atoms with E-state index in [4.69, 9.17) is 19.4 Å². The molecule has 0 fully saturated rings. The monoisotopic (exact) mass is 483 g/mol. The van der Waals surface area contributed by atoms with Crippen molar-refractivity contribution in [2.24, 2.45) is 7.05 Å². The number of furan rings is 1. The lowest BCUT2D eigenvalue weighted by Gasteiger charge is -2.22. The predicted molar refractivity (Wildman–Crippen MR) is 141 cm³/mol. The highest BCUT2D eigenvalue weighted by Crippen LogP contribution is 2.37. The maximum Gasteiger partial charge on any atom is 0.216 e. The molecule has 0 unspecified atom stereocenters. The van der Waals surface area contributed by atoms with E-state index in [0.717, 1.165) is 50.4 Å². The molecule has 0 aliphatic carbocycles. The summed E-state index contributed by atoms with van der Waals surface area (Å²) in [6, 6.07) is 12.9. The number of rotatable bonds is 2. The van der Waals surface area contributed by atoms with Gasteiger partial charge in [-0.3, -0.25) is 0 Å². The lowest BCUT2D eigenvalue weighted by Crippen LogP contribution is -2.31. The Morgan fingerprint density at radius 3 is 2.06 bits per heavy atom. The molecule has 36 heavy (non-hydrogen) atoms. The van der Waals surface area contributed by atoms with Crippen molar-refractivity contribution in [2.45, 2.75) is 59.3 Å². The summed E-state index contributed by atoms with van der Waals surface area (Å²) >= 11 is 0. The average molecular weight is 484 g/mol. The number of aryl methyl sites for hydroxylation is 2. The summed E-state index contributed by atoms with van der Waals surface area (Å²) in [4.78, 5) is 14.5. The van der Waals surface area contributed by atoms with E-state index in [0.29, 0.717) is 11.4 Å². The Labute approximate surface area is 211 Å². The smallest absolute Gasteiger partial charge is 0.216 e. The summed E-state index contributed by atoms with van der Waals surface area (Å²) in [5, 5.41) is 1.87. The molecule has 0 aliphatic rings. The maximum absolute atomic E-state index is 13.9. The van der Waals surface area contributed by atoms with Crippen LogP contribution in [0.1, 0.15) is 58.8 Å². The summed E-state index contributed by atoms with van der Waals surface area (Å²) < 4.78 is 22.1. The number of aromatic nitrogens is 4.